The minimum absolute atomic E-state index is 0.315. The lowest BCUT2D eigenvalue weighted by atomic mass is 10.1. The maximum Gasteiger partial charge on any atom is 0.151 e. The Balaban J connectivity index is 2.07. The number of rotatable bonds is 9. The average molecular weight is 261 g/mol. The van der Waals surface area contributed by atoms with Crippen LogP contribution in [0.5, 0.6) is 0 Å². The molecule has 1 fully saturated rings. The molecule has 0 saturated heterocycles. The van der Waals surface area contributed by atoms with E-state index in [0.29, 0.717) is 24.0 Å². The number of hydrogen-bond donors (Lipinski definition) is 1. The topological polar surface area (TPSA) is 46.2 Å². The van der Waals surface area contributed by atoms with Gasteiger partial charge in [0.15, 0.2) is 9.84 Å². The van der Waals surface area contributed by atoms with Crippen molar-refractivity contribution >= 4 is 9.84 Å². The van der Waals surface area contributed by atoms with E-state index in [-0.39, 0.29) is 0 Å². The van der Waals surface area contributed by atoms with Gasteiger partial charge in [-0.25, -0.2) is 8.42 Å². The molecule has 102 valence electrons. The first kappa shape index (κ1) is 15.0. The van der Waals surface area contributed by atoms with E-state index in [9.17, 15) is 8.42 Å². The van der Waals surface area contributed by atoms with Gasteiger partial charge in [-0.2, -0.15) is 0 Å². The molecule has 0 radical (unpaired) electrons. The Morgan fingerprint density at radius 1 is 1.12 bits per heavy atom. The largest absolute Gasteiger partial charge is 0.316 e. The highest BCUT2D eigenvalue weighted by molar-refractivity contribution is 7.91. The fourth-order valence-corrected chi connectivity index (χ4v) is 4.15. The van der Waals surface area contributed by atoms with E-state index in [2.05, 4.69) is 12.2 Å². The van der Waals surface area contributed by atoms with Crippen LogP contribution in [0.1, 0.15) is 51.9 Å². The van der Waals surface area contributed by atoms with Gasteiger partial charge in [0, 0.05) is 6.54 Å². The van der Waals surface area contributed by atoms with Crippen molar-refractivity contribution in [3.63, 3.8) is 0 Å². The number of hydrogen-bond acceptors (Lipinski definition) is 3. The SMILES string of the molecule is CCCCCNCCS(=O)(=O)CC1CCCC1. The lowest BCUT2D eigenvalue weighted by Gasteiger charge is -2.10. The van der Waals surface area contributed by atoms with Crippen molar-refractivity contribution in [2.24, 2.45) is 5.92 Å². The number of nitrogens with one attached hydrogen (secondary N) is 1. The lowest BCUT2D eigenvalue weighted by Crippen LogP contribution is -2.27. The van der Waals surface area contributed by atoms with Gasteiger partial charge in [0.2, 0.25) is 0 Å². The van der Waals surface area contributed by atoms with Crippen LogP contribution < -0.4 is 5.32 Å². The molecule has 0 aliphatic heterocycles. The van der Waals surface area contributed by atoms with Crippen molar-refractivity contribution in [1.29, 1.82) is 0 Å². The molecule has 1 aliphatic carbocycles. The second-order valence-electron chi connectivity index (χ2n) is 5.22. The van der Waals surface area contributed by atoms with Gasteiger partial charge < -0.3 is 5.32 Å². The summed E-state index contributed by atoms with van der Waals surface area (Å²) >= 11 is 0. The van der Waals surface area contributed by atoms with Crippen LogP contribution in [-0.2, 0) is 9.84 Å². The third-order valence-corrected chi connectivity index (χ3v) is 5.32. The molecule has 1 rings (SSSR count). The zero-order chi connectivity index (χ0) is 12.6. The molecule has 0 aromatic heterocycles. The monoisotopic (exact) mass is 261 g/mol. The molecule has 4 heteroatoms. The summed E-state index contributed by atoms with van der Waals surface area (Å²) in [5.41, 5.74) is 0. The first-order chi connectivity index (χ1) is 8.14. The predicted molar refractivity (Wildman–Crippen MR) is 73.0 cm³/mol. The highest BCUT2D eigenvalue weighted by atomic mass is 32.2. The minimum atomic E-state index is -2.82. The van der Waals surface area contributed by atoms with E-state index in [0.717, 1.165) is 25.8 Å². The molecule has 1 aliphatic rings. The fraction of sp³-hybridized carbons (Fsp3) is 1.00. The van der Waals surface area contributed by atoms with Gasteiger partial charge in [-0.15, -0.1) is 0 Å². The van der Waals surface area contributed by atoms with Crippen molar-refractivity contribution < 1.29 is 8.42 Å². The van der Waals surface area contributed by atoms with Crippen molar-refractivity contribution in [3.8, 4) is 0 Å². The van der Waals surface area contributed by atoms with E-state index in [4.69, 9.17) is 0 Å². The predicted octanol–water partition coefficient (Wildman–Crippen LogP) is 2.37. The van der Waals surface area contributed by atoms with Crippen LogP contribution in [0.25, 0.3) is 0 Å². The van der Waals surface area contributed by atoms with E-state index >= 15 is 0 Å². The standard InChI is InChI=1S/C13H27NO2S/c1-2-3-6-9-14-10-11-17(15,16)12-13-7-4-5-8-13/h13-14H,2-12H2,1H3. The quantitative estimate of drug-likeness (QED) is 0.648. The molecular formula is C13H27NO2S. The Morgan fingerprint density at radius 3 is 2.47 bits per heavy atom. The van der Waals surface area contributed by atoms with Gasteiger partial charge in [-0.1, -0.05) is 32.6 Å². The Bertz CT molecular complexity index is 282. The Hall–Kier alpha value is -0.0900. The lowest BCUT2D eigenvalue weighted by molar-refractivity contribution is 0.554. The third-order valence-electron chi connectivity index (χ3n) is 3.51. The smallest absolute Gasteiger partial charge is 0.151 e. The molecular weight excluding hydrogens is 234 g/mol. The van der Waals surface area contributed by atoms with Crippen LogP contribution in [0.15, 0.2) is 0 Å². The summed E-state index contributed by atoms with van der Waals surface area (Å²) in [4.78, 5) is 0. The van der Waals surface area contributed by atoms with Gasteiger partial charge in [-0.05, 0) is 31.7 Å². The van der Waals surface area contributed by atoms with Crippen molar-refractivity contribution in [1.82, 2.24) is 5.32 Å². The van der Waals surface area contributed by atoms with Crippen LogP contribution >= 0.6 is 0 Å². The number of sulfone groups is 1. The summed E-state index contributed by atoms with van der Waals surface area (Å²) in [6.07, 6.45) is 8.25. The van der Waals surface area contributed by atoms with E-state index in [1.165, 1.54) is 25.7 Å². The first-order valence-electron chi connectivity index (χ1n) is 7.05. The van der Waals surface area contributed by atoms with Crippen LogP contribution in [-0.4, -0.2) is 33.0 Å². The summed E-state index contributed by atoms with van der Waals surface area (Å²) < 4.78 is 23.7. The van der Waals surface area contributed by atoms with Crippen LogP contribution in [0.4, 0.5) is 0 Å². The second kappa shape index (κ2) is 8.09. The molecule has 1 saturated carbocycles. The molecule has 0 aromatic rings. The summed E-state index contributed by atoms with van der Waals surface area (Å²) in [5, 5.41) is 3.22. The van der Waals surface area contributed by atoms with Crippen LogP contribution in [0.3, 0.4) is 0 Å². The first-order valence-corrected chi connectivity index (χ1v) is 8.87. The van der Waals surface area contributed by atoms with E-state index in [1.54, 1.807) is 0 Å². The summed E-state index contributed by atoms with van der Waals surface area (Å²) in [6, 6.07) is 0. The molecule has 0 aromatic carbocycles. The summed E-state index contributed by atoms with van der Waals surface area (Å²) in [5.74, 6) is 1.18. The molecule has 17 heavy (non-hydrogen) atoms. The van der Waals surface area contributed by atoms with Crippen molar-refractivity contribution in [2.75, 3.05) is 24.6 Å². The molecule has 1 N–H and O–H groups in total. The maximum absolute atomic E-state index is 11.8. The van der Waals surface area contributed by atoms with Gasteiger partial charge in [0.05, 0.1) is 11.5 Å². The fourth-order valence-electron chi connectivity index (χ4n) is 2.47. The Labute approximate surface area is 106 Å². The zero-order valence-electron chi connectivity index (χ0n) is 11.1. The maximum atomic E-state index is 11.8. The molecule has 0 atom stereocenters. The number of unbranched alkanes of at least 4 members (excludes halogenated alkanes) is 2. The summed E-state index contributed by atoms with van der Waals surface area (Å²) in [6.45, 7) is 3.75. The molecule has 0 spiro atoms. The van der Waals surface area contributed by atoms with Gasteiger partial charge >= 0.3 is 0 Å². The molecule has 0 amide bonds. The third kappa shape index (κ3) is 7.04. The van der Waals surface area contributed by atoms with Crippen molar-refractivity contribution in [3.05, 3.63) is 0 Å². The highest BCUT2D eigenvalue weighted by Crippen LogP contribution is 2.25. The van der Waals surface area contributed by atoms with Crippen molar-refractivity contribution in [2.45, 2.75) is 51.9 Å². The second-order valence-corrected chi connectivity index (χ2v) is 7.45. The Kier molecular flexibility index (Phi) is 7.12. The van der Waals surface area contributed by atoms with E-state index < -0.39 is 9.84 Å². The molecule has 3 nitrogen and oxygen atoms in total. The highest BCUT2D eigenvalue weighted by Gasteiger charge is 2.21. The molecule has 0 heterocycles. The summed E-state index contributed by atoms with van der Waals surface area (Å²) in [7, 11) is -2.82. The molecule has 0 bridgehead atoms. The normalized spacial score (nSPS) is 17.7. The minimum Gasteiger partial charge on any atom is -0.316 e. The van der Waals surface area contributed by atoms with E-state index in [1.807, 2.05) is 0 Å². The Morgan fingerprint density at radius 2 is 1.82 bits per heavy atom. The van der Waals surface area contributed by atoms with Crippen LogP contribution in [0, 0.1) is 5.92 Å². The average Bonchev–Trinajstić information content (AvgIpc) is 2.75. The zero-order valence-corrected chi connectivity index (χ0v) is 11.9. The molecule has 0 unspecified atom stereocenters. The van der Waals surface area contributed by atoms with Gasteiger partial charge in [0.1, 0.15) is 0 Å². The van der Waals surface area contributed by atoms with Gasteiger partial charge in [0.25, 0.3) is 0 Å². The van der Waals surface area contributed by atoms with Crippen LogP contribution in [0.2, 0.25) is 0 Å². The van der Waals surface area contributed by atoms with Gasteiger partial charge in [-0.3, -0.25) is 0 Å².